The summed E-state index contributed by atoms with van der Waals surface area (Å²) in [6.45, 7) is 0. The molecule has 0 saturated heterocycles. The molecule has 0 unspecified atom stereocenters. The number of hydrogen-bond donors (Lipinski definition) is 2. The van der Waals surface area contributed by atoms with E-state index in [2.05, 4.69) is 29.9 Å². The Balaban J connectivity index is 1.49. The van der Waals surface area contributed by atoms with Crippen LogP contribution in [-0.2, 0) is 0 Å². The van der Waals surface area contributed by atoms with Crippen molar-refractivity contribution in [3.8, 4) is 43.7 Å². The fourth-order valence-electron chi connectivity index (χ4n) is 4.04. The molecule has 0 spiro atoms. The summed E-state index contributed by atoms with van der Waals surface area (Å²) < 4.78 is 0. The maximum atomic E-state index is 14.1. The van der Waals surface area contributed by atoms with Crippen molar-refractivity contribution in [2.75, 3.05) is 11.5 Å². The SMILES string of the molecule is Nc1nc(-c2ccccn2)c(-c2cccnc2C(=O)c2ncccc2-c2sc(N)nc2-c2ccccn2)s1. The van der Waals surface area contributed by atoms with E-state index in [4.69, 9.17) is 11.5 Å². The Hall–Kier alpha value is -4.87. The van der Waals surface area contributed by atoms with E-state index >= 15 is 0 Å². The lowest BCUT2D eigenvalue weighted by Crippen LogP contribution is -2.10. The van der Waals surface area contributed by atoms with Gasteiger partial charge in [-0.1, -0.05) is 34.8 Å². The van der Waals surface area contributed by atoms with Gasteiger partial charge in [-0.15, -0.1) is 0 Å². The summed E-state index contributed by atoms with van der Waals surface area (Å²) in [5.41, 5.74) is 16.3. The lowest BCUT2D eigenvalue weighted by atomic mass is 10.00. The first-order chi connectivity index (χ1) is 18.6. The minimum absolute atomic E-state index is 0.227. The Kier molecular flexibility index (Phi) is 6.12. The lowest BCUT2D eigenvalue weighted by Gasteiger charge is -2.10. The van der Waals surface area contributed by atoms with Crippen LogP contribution < -0.4 is 11.5 Å². The fourth-order valence-corrected chi connectivity index (χ4v) is 5.78. The zero-order valence-electron chi connectivity index (χ0n) is 19.6. The normalized spacial score (nSPS) is 10.9. The first-order valence-electron chi connectivity index (χ1n) is 11.4. The van der Waals surface area contributed by atoms with Crippen molar-refractivity contribution in [2.45, 2.75) is 0 Å². The molecule has 0 aliphatic carbocycles. The average Bonchev–Trinajstić information content (AvgIpc) is 3.56. The van der Waals surface area contributed by atoms with E-state index in [1.807, 2.05) is 48.5 Å². The highest BCUT2D eigenvalue weighted by atomic mass is 32.1. The molecule has 6 aromatic heterocycles. The Bertz CT molecular complexity index is 1640. The molecule has 0 radical (unpaired) electrons. The van der Waals surface area contributed by atoms with E-state index in [0.29, 0.717) is 53.9 Å². The van der Waals surface area contributed by atoms with Crippen LogP contribution in [0.5, 0.6) is 0 Å². The summed E-state index contributed by atoms with van der Waals surface area (Å²) in [6, 6.07) is 18.3. The number of thiazole rings is 2. The lowest BCUT2D eigenvalue weighted by molar-refractivity contribution is 0.103. The molecular formula is C27H18N8OS2. The average molecular weight is 535 g/mol. The first-order valence-corrected chi connectivity index (χ1v) is 13.0. The molecule has 0 fully saturated rings. The van der Waals surface area contributed by atoms with Crippen LogP contribution in [0.1, 0.15) is 16.2 Å². The smallest absolute Gasteiger partial charge is 0.230 e. The van der Waals surface area contributed by atoms with E-state index in [0.717, 1.165) is 0 Å². The Morgan fingerprint density at radius 2 is 1.03 bits per heavy atom. The van der Waals surface area contributed by atoms with E-state index in [1.165, 1.54) is 22.7 Å². The number of nitrogens with zero attached hydrogens (tertiary/aromatic N) is 6. The molecule has 0 bridgehead atoms. The highest BCUT2D eigenvalue weighted by Crippen LogP contribution is 2.41. The zero-order chi connectivity index (χ0) is 26.1. The molecule has 0 saturated carbocycles. The van der Waals surface area contributed by atoms with Gasteiger partial charge in [-0.05, 0) is 48.5 Å². The monoisotopic (exact) mass is 534 g/mol. The molecule has 0 aliphatic heterocycles. The summed E-state index contributed by atoms with van der Waals surface area (Å²) in [5.74, 6) is -0.353. The number of carbonyl (C=O) groups is 1. The van der Waals surface area contributed by atoms with Crippen LogP contribution in [-0.4, -0.2) is 35.7 Å². The Morgan fingerprint density at radius 3 is 1.45 bits per heavy atom. The molecule has 0 atom stereocenters. The minimum Gasteiger partial charge on any atom is -0.375 e. The van der Waals surface area contributed by atoms with Gasteiger partial charge in [0.15, 0.2) is 10.3 Å². The molecule has 0 aromatic carbocycles. The predicted molar refractivity (Wildman–Crippen MR) is 149 cm³/mol. The van der Waals surface area contributed by atoms with E-state index < -0.39 is 0 Å². The van der Waals surface area contributed by atoms with Crippen LogP contribution in [0.2, 0.25) is 0 Å². The van der Waals surface area contributed by atoms with Crippen molar-refractivity contribution >= 4 is 38.7 Å². The Morgan fingerprint density at radius 1 is 0.579 bits per heavy atom. The quantitative estimate of drug-likeness (QED) is 0.274. The number of hydrogen-bond acceptors (Lipinski definition) is 11. The van der Waals surface area contributed by atoms with Crippen LogP contribution in [0.15, 0.2) is 85.5 Å². The van der Waals surface area contributed by atoms with Gasteiger partial charge in [0, 0.05) is 35.9 Å². The van der Waals surface area contributed by atoms with Crippen LogP contribution >= 0.6 is 22.7 Å². The van der Waals surface area contributed by atoms with Gasteiger partial charge in [-0.3, -0.25) is 24.7 Å². The number of carbonyl (C=O) groups excluding carboxylic acids is 1. The summed E-state index contributed by atoms with van der Waals surface area (Å²) in [4.78, 5) is 42.3. The second-order valence-electron chi connectivity index (χ2n) is 8.02. The van der Waals surface area contributed by atoms with Crippen molar-refractivity contribution in [1.29, 1.82) is 0 Å². The summed E-state index contributed by atoms with van der Waals surface area (Å²) in [6.07, 6.45) is 6.52. The molecule has 0 amide bonds. The Labute approximate surface area is 225 Å². The maximum Gasteiger partial charge on any atom is 0.230 e. The molecule has 6 rings (SSSR count). The summed E-state index contributed by atoms with van der Waals surface area (Å²) >= 11 is 2.55. The highest BCUT2D eigenvalue weighted by molar-refractivity contribution is 7.19. The van der Waals surface area contributed by atoms with Gasteiger partial charge in [0.2, 0.25) is 5.78 Å². The van der Waals surface area contributed by atoms with Crippen molar-refractivity contribution in [1.82, 2.24) is 29.9 Å². The number of rotatable bonds is 6. The van der Waals surface area contributed by atoms with Crippen LogP contribution in [0.25, 0.3) is 43.7 Å². The van der Waals surface area contributed by atoms with Crippen molar-refractivity contribution in [2.24, 2.45) is 0 Å². The molecule has 38 heavy (non-hydrogen) atoms. The third-order valence-electron chi connectivity index (χ3n) is 5.64. The number of nitrogen functional groups attached to an aromatic ring is 2. The van der Waals surface area contributed by atoms with Crippen molar-refractivity contribution in [3.05, 3.63) is 96.8 Å². The van der Waals surface area contributed by atoms with Gasteiger partial charge in [-0.25, -0.2) is 9.97 Å². The molecule has 0 aliphatic rings. The van der Waals surface area contributed by atoms with Gasteiger partial charge >= 0.3 is 0 Å². The highest BCUT2D eigenvalue weighted by Gasteiger charge is 2.26. The van der Waals surface area contributed by atoms with Gasteiger partial charge in [-0.2, -0.15) is 0 Å². The second-order valence-corrected chi connectivity index (χ2v) is 10.1. The number of anilines is 2. The number of aromatic nitrogens is 6. The largest absolute Gasteiger partial charge is 0.375 e. The number of pyridine rings is 4. The van der Waals surface area contributed by atoms with Crippen LogP contribution in [0.4, 0.5) is 10.3 Å². The third kappa shape index (κ3) is 4.29. The van der Waals surface area contributed by atoms with E-state index in [1.54, 1.807) is 36.9 Å². The fraction of sp³-hybridized carbons (Fsp3) is 0. The van der Waals surface area contributed by atoms with Crippen LogP contribution in [0.3, 0.4) is 0 Å². The van der Waals surface area contributed by atoms with Crippen LogP contribution in [0, 0.1) is 0 Å². The topological polar surface area (TPSA) is 146 Å². The first kappa shape index (κ1) is 23.5. The minimum atomic E-state index is -0.353. The van der Waals surface area contributed by atoms with Gasteiger partial charge < -0.3 is 11.5 Å². The molecule has 6 aromatic rings. The second kappa shape index (κ2) is 9.88. The maximum absolute atomic E-state index is 14.1. The molecule has 4 N–H and O–H groups in total. The standard InChI is InChI=1S/C27H18N8OS2/c28-26-34-21(17-9-1-3-11-30-17)24(37-26)15-7-5-13-32-19(15)23(36)20-16(8-6-14-33-20)25-22(35-27(29)38-25)18-10-2-4-12-31-18/h1-14H,(H2,28,34)(H2,29,35). The number of nitrogens with two attached hydrogens (primary N) is 2. The van der Waals surface area contributed by atoms with E-state index in [-0.39, 0.29) is 17.2 Å². The third-order valence-corrected chi connectivity index (χ3v) is 7.47. The molecule has 184 valence electrons. The predicted octanol–water partition coefficient (Wildman–Crippen LogP) is 5.24. The molecular weight excluding hydrogens is 516 g/mol. The van der Waals surface area contributed by atoms with E-state index in [9.17, 15) is 4.79 Å². The molecule has 6 heterocycles. The number of ketones is 1. The summed E-state index contributed by atoms with van der Waals surface area (Å²) in [7, 11) is 0. The zero-order valence-corrected chi connectivity index (χ0v) is 21.3. The summed E-state index contributed by atoms with van der Waals surface area (Å²) in [5, 5.41) is 0.725. The van der Waals surface area contributed by atoms with Crippen molar-refractivity contribution < 1.29 is 4.79 Å². The van der Waals surface area contributed by atoms with Gasteiger partial charge in [0.1, 0.15) is 22.8 Å². The van der Waals surface area contributed by atoms with Gasteiger partial charge in [0.05, 0.1) is 21.1 Å². The van der Waals surface area contributed by atoms with Gasteiger partial charge in [0.25, 0.3) is 0 Å². The molecule has 11 heteroatoms. The van der Waals surface area contributed by atoms with Crippen molar-refractivity contribution in [3.63, 3.8) is 0 Å². The molecule has 9 nitrogen and oxygen atoms in total.